The van der Waals surface area contributed by atoms with Gasteiger partial charge in [0.05, 0.1) is 6.54 Å². The van der Waals surface area contributed by atoms with E-state index < -0.39 is 18.4 Å². The van der Waals surface area contributed by atoms with Crippen LogP contribution in [0.3, 0.4) is 0 Å². The second-order valence-corrected chi connectivity index (χ2v) is 3.98. The molecule has 0 saturated heterocycles. The molecule has 0 spiro atoms. The largest absolute Gasteiger partial charge is 0.480 e. The zero-order valence-electron chi connectivity index (χ0n) is 10.7. The van der Waals surface area contributed by atoms with Gasteiger partial charge in [0.15, 0.2) is 0 Å². The molecule has 4 heteroatoms. The van der Waals surface area contributed by atoms with Crippen LogP contribution in [-0.4, -0.2) is 35.0 Å². The molecule has 1 aromatic rings. The number of carbonyl (C=O) groups is 2. The molecule has 0 aliphatic carbocycles. The van der Waals surface area contributed by atoms with Crippen LogP contribution in [0.4, 0.5) is 0 Å². The molecule has 0 radical (unpaired) electrons. The summed E-state index contributed by atoms with van der Waals surface area (Å²) in [5.41, 5.74) is 1.94. The van der Waals surface area contributed by atoms with Gasteiger partial charge in [-0.3, -0.25) is 9.59 Å². The lowest BCUT2D eigenvalue weighted by atomic mass is 10.1. The second kappa shape index (κ2) is 7.02. The number of carbonyl (C=O) groups excluding carboxylic acids is 1. The minimum absolute atomic E-state index is 0.0246. The number of terminal acetylenes is 1. The number of rotatable bonds is 5. The van der Waals surface area contributed by atoms with Crippen molar-refractivity contribution in [3.8, 4) is 12.3 Å². The van der Waals surface area contributed by atoms with Crippen molar-refractivity contribution in [2.75, 3.05) is 13.1 Å². The Morgan fingerprint density at radius 2 is 2.11 bits per heavy atom. The quantitative estimate of drug-likeness (QED) is 0.643. The van der Waals surface area contributed by atoms with Gasteiger partial charge in [0, 0.05) is 6.08 Å². The Bertz CT molecular complexity index is 541. The Morgan fingerprint density at radius 3 is 2.68 bits per heavy atom. The van der Waals surface area contributed by atoms with E-state index in [9.17, 15) is 9.59 Å². The summed E-state index contributed by atoms with van der Waals surface area (Å²) in [6.07, 6.45) is 8.11. The Labute approximate surface area is 112 Å². The van der Waals surface area contributed by atoms with Crippen LogP contribution in [0.15, 0.2) is 30.3 Å². The minimum Gasteiger partial charge on any atom is -0.480 e. The van der Waals surface area contributed by atoms with E-state index in [0.29, 0.717) is 0 Å². The first-order chi connectivity index (χ1) is 9.04. The lowest BCUT2D eigenvalue weighted by Gasteiger charge is -2.15. The lowest BCUT2D eigenvalue weighted by Crippen LogP contribution is -2.34. The summed E-state index contributed by atoms with van der Waals surface area (Å²) in [6.45, 7) is 1.50. The maximum Gasteiger partial charge on any atom is 0.323 e. The van der Waals surface area contributed by atoms with Crippen molar-refractivity contribution < 1.29 is 14.7 Å². The van der Waals surface area contributed by atoms with E-state index in [0.717, 1.165) is 16.0 Å². The molecule has 0 bridgehead atoms. The molecular weight excluding hydrogens is 242 g/mol. The highest BCUT2D eigenvalue weighted by atomic mass is 16.4. The van der Waals surface area contributed by atoms with Crippen LogP contribution < -0.4 is 0 Å². The fourth-order valence-corrected chi connectivity index (χ4v) is 1.53. The average molecular weight is 257 g/mol. The molecule has 1 aromatic carbocycles. The number of carboxylic acids is 1. The third kappa shape index (κ3) is 4.68. The Morgan fingerprint density at radius 1 is 1.42 bits per heavy atom. The van der Waals surface area contributed by atoms with Crippen LogP contribution in [0.25, 0.3) is 6.08 Å². The molecule has 0 fully saturated rings. The highest BCUT2D eigenvalue weighted by molar-refractivity contribution is 5.93. The van der Waals surface area contributed by atoms with Crippen LogP contribution in [0, 0.1) is 19.3 Å². The molecule has 0 heterocycles. The average Bonchev–Trinajstić information content (AvgIpc) is 2.36. The number of hydrogen-bond acceptors (Lipinski definition) is 2. The van der Waals surface area contributed by atoms with E-state index in [1.54, 1.807) is 6.08 Å². The van der Waals surface area contributed by atoms with E-state index in [4.69, 9.17) is 11.5 Å². The number of amides is 1. The fraction of sp³-hybridized carbons (Fsp3) is 0.200. The maximum absolute atomic E-state index is 11.8. The maximum atomic E-state index is 11.8. The Kier molecular flexibility index (Phi) is 5.36. The molecule has 0 aromatic heterocycles. The summed E-state index contributed by atoms with van der Waals surface area (Å²) in [5.74, 6) is 0.768. The van der Waals surface area contributed by atoms with Gasteiger partial charge >= 0.3 is 5.97 Å². The smallest absolute Gasteiger partial charge is 0.323 e. The Balaban J connectivity index is 2.79. The van der Waals surface area contributed by atoms with E-state index in [-0.39, 0.29) is 6.54 Å². The van der Waals surface area contributed by atoms with Gasteiger partial charge in [-0.05, 0) is 24.1 Å². The van der Waals surface area contributed by atoms with Crippen molar-refractivity contribution in [2.24, 2.45) is 0 Å². The molecule has 0 unspecified atom stereocenters. The van der Waals surface area contributed by atoms with E-state index in [1.807, 2.05) is 31.2 Å². The van der Waals surface area contributed by atoms with Gasteiger partial charge < -0.3 is 10.0 Å². The summed E-state index contributed by atoms with van der Waals surface area (Å²) in [7, 11) is 0. The first-order valence-corrected chi connectivity index (χ1v) is 5.72. The van der Waals surface area contributed by atoms with Gasteiger partial charge in [0.1, 0.15) is 6.54 Å². The topological polar surface area (TPSA) is 57.6 Å². The lowest BCUT2D eigenvalue weighted by molar-refractivity contribution is -0.142. The van der Waals surface area contributed by atoms with Gasteiger partial charge in [-0.25, -0.2) is 0 Å². The molecule has 1 N–H and O–H groups in total. The van der Waals surface area contributed by atoms with Crippen molar-refractivity contribution in [2.45, 2.75) is 6.92 Å². The standard InChI is InChI=1S/C15H15NO3/c1-3-10-16(11-15(18)19)14(17)9-8-13-7-5-4-6-12(13)2/h1,4-9H,10-11H2,2H3,(H,18,19). The van der Waals surface area contributed by atoms with Gasteiger partial charge in [0.25, 0.3) is 0 Å². The van der Waals surface area contributed by atoms with Crippen molar-refractivity contribution in [3.63, 3.8) is 0 Å². The van der Waals surface area contributed by atoms with Crippen LogP contribution in [-0.2, 0) is 9.59 Å². The van der Waals surface area contributed by atoms with E-state index in [2.05, 4.69) is 5.92 Å². The predicted molar refractivity (Wildman–Crippen MR) is 73.3 cm³/mol. The number of hydrogen-bond donors (Lipinski definition) is 1. The SMILES string of the molecule is C#CCN(CC(=O)O)C(=O)C=Cc1ccccc1C. The third-order valence-corrected chi connectivity index (χ3v) is 2.51. The van der Waals surface area contributed by atoms with Gasteiger partial charge in [0.2, 0.25) is 5.91 Å². The summed E-state index contributed by atoms with van der Waals surface area (Å²) in [6, 6.07) is 7.58. The highest BCUT2D eigenvalue weighted by Gasteiger charge is 2.12. The summed E-state index contributed by atoms with van der Waals surface area (Å²) in [5, 5.41) is 8.70. The highest BCUT2D eigenvalue weighted by Crippen LogP contribution is 2.09. The first kappa shape index (κ1) is 14.5. The molecule has 0 aliphatic heterocycles. The van der Waals surface area contributed by atoms with Crippen LogP contribution >= 0.6 is 0 Å². The molecule has 19 heavy (non-hydrogen) atoms. The van der Waals surface area contributed by atoms with Gasteiger partial charge in [-0.2, -0.15) is 0 Å². The van der Waals surface area contributed by atoms with Gasteiger partial charge in [-0.15, -0.1) is 6.42 Å². The van der Waals surface area contributed by atoms with Crippen LogP contribution in [0.2, 0.25) is 0 Å². The van der Waals surface area contributed by atoms with Gasteiger partial charge in [-0.1, -0.05) is 30.2 Å². The summed E-state index contributed by atoms with van der Waals surface area (Å²) in [4.78, 5) is 23.6. The molecule has 1 amide bonds. The molecule has 0 saturated carbocycles. The molecule has 0 aliphatic rings. The third-order valence-electron chi connectivity index (χ3n) is 2.51. The minimum atomic E-state index is -1.09. The number of aryl methyl sites for hydroxylation is 1. The molecular formula is C15H15NO3. The fourth-order valence-electron chi connectivity index (χ4n) is 1.53. The summed E-state index contributed by atoms with van der Waals surface area (Å²) >= 11 is 0. The van der Waals surface area contributed by atoms with Crippen molar-refractivity contribution in [1.29, 1.82) is 0 Å². The number of benzene rings is 1. The predicted octanol–water partition coefficient (Wildman–Crippen LogP) is 1.55. The van der Waals surface area contributed by atoms with Crippen LogP contribution in [0.1, 0.15) is 11.1 Å². The summed E-state index contributed by atoms with van der Waals surface area (Å²) < 4.78 is 0. The first-order valence-electron chi connectivity index (χ1n) is 5.72. The Hall–Kier alpha value is -2.54. The van der Waals surface area contributed by atoms with Crippen molar-refractivity contribution >= 4 is 18.0 Å². The van der Waals surface area contributed by atoms with Crippen LogP contribution in [0.5, 0.6) is 0 Å². The van der Waals surface area contributed by atoms with E-state index >= 15 is 0 Å². The zero-order valence-corrected chi connectivity index (χ0v) is 10.7. The molecule has 0 atom stereocenters. The molecule has 4 nitrogen and oxygen atoms in total. The second-order valence-electron chi connectivity index (χ2n) is 3.98. The van der Waals surface area contributed by atoms with E-state index in [1.165, 1.54) is 6.08 Å². The molecule has 98 valence electrons. The monoisotopic (exact) mass is 257 g/mol. The zero-order chi connectivity index (χ0) is 14.3. The van der Waals surface area contributed by atoms with Crippen molar-refractivity contribution in [1.82, 2.24) is 4.90 Å². The van der Waals surface area contributed by atoms with Crippen molar-refractivity contribution in [3.05, 3.63) is 41.5 Å². The number of nitrogens with zero attached hydrogens (tertiary/aromatic N) is 1. The number of aliphatic carboxylic acids is 1. The molecule has 1 rings (SSSR count). The normalized spacial score (nSPS) is 10.1. The number of carboxylic acid groups (broad SMARTS) is 1.